The summed E-state index contributed by atoms with van der Waals surface area (Å²) in [7, 11) is 3.15. The molecule has 2 aromatic rings. The number of ether oxygens (including phenoxy) is 2. The first kappa shape index (κ1) is 11.6. The molecular formula is C11H12ClN3O2. The Hall–Kier alpha value is -1.88. The van der Waals surface area contributed by atoms with Gasteiger partial charge in [-0.25, -0.2) is 4.98 Å². The molecule has 0 atom stereocenters. The molecule has 0 spiro atoms. The van der Waals surface area contributed by atoms with Gasteiger partial charge < -0.3 is 20.2 Å². The first-order chi connectivity index (χ1) is 8.15. The predicted octanol–water partition coefficient (Wildman–Crippen LogP) is 2.33. The van der Waals surface area contributed by atoms with Crippen molar-refractivity contribution >= 4 is 17.5 Å². The van der Waals surface area contributed by atoms with E-state index >= 15 is 0 Å². The maximum absolute atomic E-state index is 5.98. The van der Waals surface area contributed by atoms with Crippen LogP contribution in [0.2, 0.25) is 5.15 Å². The summed E-state index contributed by atoms with van der Waals surface area (Å²) >= 11 is 5.98. The van der Waals surface area contributed by atoms with E-state index in [1.807, 2.05) is 6.07 Å². The van der Waals surface area contributed by atoms with Gasteiger partial charge in [-0.1, -0.05) is 11.6 Å². The van der Waals surface area contributed by atoms with Gasteiger partial charge in [-0.15, -0.1) is 0 Å². The number of halogens is 1. The zero-order valence-corrected chi connectivity index (χ0v) is 10.2. The van der Waals surface area contributed by atoms with E-state index in [1.165, 1.54) is 0 Å². The van der Waals surface area contributed by atoms with E-state index in [4.69, 9.17) is 26.8 Å². The highest BCUT2D eigenvalue weighted by Gasteiger charge is 2.12. The average molecular weight is 254 g/mol. The molecule has 1 aromatic carbocycles. The minimum absolute atomic E-state index is 0.278. The number of benzene rings is 1. The van der Waals surface area contributed by atoms with Crippen LogP contribution in [0.4, 0.5) is 5.95 Å². The average Bonchev–Trinajstić information content (AvgIpc) is 2.67. The van der Waals surface area contributed by atoms with Crippen molar-refractivity contribution in [2.45, 2.75) is 0 Å². The number of imidazole rings is 1. The smallest absolute Gasteiger partial charge is 0.199 e. The zero-order valence-electron chi connectivity index (χ0n) is 9.45. The molecule has 6 heteroatoms. The monoisotopic (exact) mass is 253 g/mol. The van der Waals surface area contributed by atoms with Gasteiger partial charge in [-0.3, -0.25) is 0 Å². The highest BCUT2D eigenvalue weighted by Crippen LogP contribution is 2.34. The maximum Gasteiger partial charge on any atom is 0.199 e. The second kappa shape index (κ2) is 4.55. The topological polar surface area (TPSA) is 73.2 Å². The fourth-order valence-electron chi connectivity index (χ4n) is 1.54. The summed E-state index contributed by atoms with van der Waals surface area (Å²) < 4.78 is 10.4. The number of nitrogens with two attached hydrogens (primary N) is 1. The number of nitrogens with one attached hydrogen (secondary N) is 1. The van der Waals surface area contributed by atoms with Crippen LogP contribution in [0, 0.1) is 0 Å². The van der Waals surface area contributed by atoms with Gasteiger partial charge in [0.25, 0.3) is 0 Å². The third kappa shape index (κ3) is 2.14. The Morgan fingerprint density at radius 3 is 2.47 bits per heavy atom. The van der Waals surface area contributed by atoms with Crippen LogP contribution in [-0.4, -0.2) is 24.2 Å². The van der Waals surface area contributed by atoms with Gasteiger partial charge in [0.15, 0.2) is 17.4 Å². The lowest BCUT2D eigenvalue weighted by Gasteiger charge is -2.08. The number of anilines is 1. The third-order valence-corrected chi connectivity index (χ3v) is 2.61. The first-order valence-corrected chi connectivity index (χ1v) is 5.27. The Morgan fingerprint density at radius 2 is 1.94 bits per heavy atom. The van der Waals surface area contributed by atoms with Crippen molar-refractivity contribution in [3.05, 3.63) is 23.4 Å². The van der Waals surface area contributed by atoms with Crippen LogP contribution >= 0.6 is 11.6 Å². The normalized spacial score (nSPS) is 10.3. The summed E-state index contributed by atoms with van der Waals surface area (Å²) in [5.41, 5.74) is 6.93. The number of H-pyrrole nitrogens is 1. The quantitative estimate of drug-likeness (QED) is 0.881. The first-order valence-electron chi connectivity index (χ1n) is 4.89. The van der Waals surface area contributed by atoms with Crippen LogP contribution < -0.4 is 15.2 Å². The van der Waals surface area contributed by atoms with Crippen molar-refractivity contribution < 1.29 is 9.47 Å². The fourth-order valence-corrected chi connectivity index (χ4v) is 1.79. The van der Waals surface area contributed by atoms with Crippen LogP contribution in [0.5, 0.6) is 11.5 Å². The number of aromatic nitrogens is 2. The second-order valence-electron chi connectivity index (χ2n) is 3.35. The summed E-state index contributed by atoms with van der Waals surface area (Å²) in [6.45, 7) is 0. The molecule has 17 heavy (non-hydrogen) atoms. The van der Waals surface area contributed by atoms with E-state index in [0.29, 0.717) is 22.3 Å². The molecule has 0 fully saturated rings. The minimum Gasteiger partial charge on any atom is -0.493 e. The zero-order chi connectivity index (χ0) is 12.4. The Morgan fingerprint density at radius 1 is 1.24 bits per heavy atom. The molecule has 0 aliphatic carbocycles. The van der Waals surface area contributed by atoms with Gasteiger partial charge in [-0.2, -0.15) is 0 Å². The summed E-state index contributed by atoms with van der Waals surface area (Å²) in [6, 6.07) is 5.42. The standard InChI is InChI=1S/C11H12ClN3O2/c1-16-7-4-3-6(5-8(7)17-2)9-10(12)15-11(13)14-9/h3-5H,1-2H3,(H3,13,14,15). The fraction of sp³-hybridized carbons (Fsp3) is 0.182. The van der Waals surface area contributed by atoms with E-state index < -0.39 is 0 Å². The number of methoxy groups -OCH3 is 2. The Balaban J connectivity index is 2.50. The number of nitrogen functional groups attached to an aromatic ring is 1. The Labute approximate surface area is 104 Å². The molecule has 0 bridgehead atoms. The lowest BCUT2D eigenvalue weighted by molar-refractivity contribution is 0.355. The van der Waals surface area contributed by atoms with Gasteiger partial charge >= 0.3 is 0 Å². The van der Waals surface area contributed by atoms with Crippen molar-refractivity contribution in [1.29, 1.82) is 0 Å². The van der Waals surface area contributed by atoms with Crippen molar-refractivity contribution in [2.24, 2.45) is 0 Å². The number of nitrogens with zero attached hydrogens (tertiary/aromatic N) is 1. The summed E-state index contributed by atoms with van der Waals surface area (Å²) in [5.74, 6) is 1.54. The molecule has 2 rings (SSSR count). The SMILES string of the molecule is COc1ccc(-c2nc(N)[nH]c2Cl)cc1OC. The molecule has 0 aliphatic heterocycles. The second-order valence-corrected chi connectivity index (χ2v) is 3.73. The lowest BCUT2D eigenvalue weighted by Crippen LogP contribution is -1.91. The Kier molecular flexibility index (Phi) is 3.10. The third-order valence-electron chi connectivity index (χ3n) is 2.33. The van der Waals surface area contributed by atoms with Gasteiger partial charge in [0, 0.05) is 5.56 Å². The predicted molar refractivity (Wildman–Crippen MR) is 66.6 cm³/mol. The summed E-state index contributed by atoms with van der Waals surface area (Å²) in [6.07, 6.45) is 0. The lowest BCUT2D eigenvalue weighted by atomic mass is 10.1. The molecule has 90 valence electrons. The van der Waals surface area contributed by atoms with Crippen molar-refractivity contribution in [3.63, 3.8) is 0 Å². The molecule has 0 saturated heterocycles. The number of rotatable bonds is 3. The highest BCUT2D eigenvalue weighted by molar-refractivity contribution is 6.32. The minimum atomic E-state index is 0.278. The van der Waals surface area contributed by atoms with E-state index in [0.717, 1.165) is 5.56 Å². The number of aromatic amines is 1. The van der Waals surface area contributed by atoms with E-state index in [-0.39, 0.29) is 5.95 Å². The number of hydrogen-bond donors (Lipinski definition) is 2. The molecule has 1 aromatic heterocycles. The number of hydrogen-bond acceptors (Lipinski definition) is 4. The van der Waals surface area contributed by atoms with Gasteiger partial charge in [0.05, 0.1) is 14.2 Å². The molecule has 0 aliphatic rings. The maximum atomic E-state index is 5.98. The molecule has 0 amide bonds. The van der Waals surface area contributed by atoms with Crippen LogP contribution in [0.3, 0.4) is 0 Å². The summed E-state index contributed by atoms with van der Waals surface area (Å²) in [4.78, 5) is 6.84. The van der Waals surface area contributed by atoms with E-state index in [1.54, 1.807) is 26.4 Å². The molecule has 1 heterocycles. The van der Waals surface area contributed by atoms with Crippen molar-refractivity contribution in [3.8, 4) is 22.8 Å². The van der Waals surface area contributed by atoms with Crippen LogP contribution in [0.1, 0.15) is 0 Å². The van der Waals surface area contributed by atoms with Gasteiger partial charge in [0.2, 0.25) is 0 Å². The molecule has 0 saturated carbocycles. The van der Waals surface area contributed by atoms with Crippen molar-refractivity contribution in [1.82, 2.24) is 9.97 Å². The molecule has 0 radical (unpaired) electrons. The van der Waals surface area contributed by atoms with Crippen molar-refractivity contribution in [2.75, 3.05) is 20.0 Å². The highest BCUT2D eigenvalue weighted by atomic mass is 35.5. The molecule has 0 unspecified atom stereocenters. The van der Waals surface area contributed by atoms with Crippen LogP contribution in [-0.2, 0) is 0 Å². The van der Waals surface area contributed by atoms with Crippen LogP contribution in [0.25, 0.3) is 11.3 Å². The van der Waals surface area contributed by atoms with E-state index in [2.05, 4.69) is 9.97 Å². The van der Waals surface area contributed by atoms with E-state index in [9.17, 15) is 0 Å². The van der Waals surface area contributed by atoms with Gasteiger partial charge in [0.1, 0.15) is 10.8 Å². The summed E-state index contributed by atoms with van der Waals surface area (Å²) in [5, 5.41) is 0.398. The molecule has 3 N–H and O–H groups in total. The molecular weight excluding hydrogens is 242 g/mol. The molecule has 5 nitrogen and oxygen atoms in total. The largest absolute Gasteiger partial charge is 0.493 e. The Bertz CT molecular complexity index is 540. The van der Waals surface area contributed by atoms with Crippen LogP contribution in [0.15, 0.2) is 18.2 Å². The van der Waals surface area contributed by atoms with Gasteiger partial charge in [-0.05, 0) is 18.2 Å².